The molecule has 32 heavy (non-hydrogen) atoms. The molecule has 4 N–H and O–H groups in total. The Hall–Kier alpha value is -3.40. The molecule has 0 spiro atoms. The fourth-order valence-electron chi connectivity index (χ4n) is 3.76. The summed E-state index contributed by atoms with van der Waals surface area (Å²) in [6.45, 7) is 6.22. The number of allylic oxidation sites excluding steroid dienone is 1. The molecule has 174 valence electrons. The Morgan fingerprint density at radius 1 is 1.38 bits per heavy atom. The number of aliphatic imine (C=N–C) groups is 1. The molecule has 0 atom stereocenters. The van der Waals surface area contributed by atoms with Gasteiger partial charge in [0.05, 0.1) is 5.69 Å². The molecule has 2 aromatic heterocycles. The van der Waals surface area contributed by atoms with Crippen molar-refractivity contribution in [1.82, 2.24) is 25.2 Å². The third-order valence-electron chi connectivity index (χ3n) is 5.35. The zero-order chi connectivity index (χ0) is 22.9. The van der Waals surface area contributed by atoms with Crippen molar-refractivity contribution >= 4 is 23.9 Å². The van der Waals surface area contributed by atoms with Gasteiger partial charge in [0, 0.05) is 27.9 Å². The first-order chi connectivity index (χ1) is 15.5. The number of hydrogen-bond donors (Lipinski definition) is 3. The van der Waals surface area contributed by atoms with Crippen LogP contribution in [0, 0.1) is 12.7 Å². The summed E-state index contributed by atoms with van der Waals surface area (Å²) >= 11 is 0. The minimum atomic E-state index is -0.596. The molecule has 0 bridgehead atoms. The van der Waals surface area contributed by atoms with Gasteiger partial charge in [0.2, 0.25) is 0 Å². The van der Waals surface area contributed by atoms with Gasteiger partial charge >= 0.3 is 6.03 Å². The fraction of sp³-hybridized carbons (Fsp3) is 0.409. The largest absolute Gasteiger partial charge is 0.405 e. The minimum Gasteiger partial charge on any atom is -0.405 e. The van der Waals surface area contributed by atoms with Gasteiger partial charge < -0.3 is 11.1 Å². The number of halogens is 1. The predicted octanol–water partition coefficient (Wildman–Crippen LogP) is 3.51. The molecule has 1 saturated heterocycles. The van der Waals surface area contributed by atoms with Crippen molar-refractivity contribution in [3.63, 3.8) is 0 Å². The summed E-state index contributed by atoms with van der Waals surface area (Å²) in [5.74, 6) is 0.341. The van der Waals surface area contributed by atoms with Gasteiger partial charge in [0.15, 0.2) is 17.5 Å². The Kier molecular flexibility index (Phi) is 8.20. The Bertz CT molecular complexity index is 997. The van der Waals surface area contributed by atoms with Gasteiger partial charge in [-0.2, -0.15) is 0 Å². The smallest absolute Gasteiger partial charge is 0.320 e. The van der Waals surface area contributed by atoms with Crippen LogP contribution in [0.4, 0.5) is 20.8 Å². The van der Waals surface area contributed by atoms with Crippen LogP contribution < -0.4 is 16.4 Å². The van der Waals surface area contributed by atoms with Crippen LogP contribution in [-0.2, 0) is 6.54 Å². The zero-order valence-corrected chi connectivity index (χ0v) is 18.4. The first-order valence-electron chi connectivity index (χ1n) is 10.7. The molecule has 0 aliphatic carbocycles. The Labute approximate surface area is 190 Å². The van der Waals surface area contributed by atoms with E-state index in [4.69, 9.17) is 5.73 Å². The van der Waals surface area contributed by atoms with Crippen LogP contribution in [0.25, 0.3) is 0 Å². The Balaban J connectivity index is 0.00000289. The molecular weight excluding hydrogens is 411 g/mol. The second kappa shape index (κ2) is 11.3. The standard InChI is InChI=1S/C22H29FN8O.2H2/c1-3-25-22(32)30-21-20(23)18(27-14-28-21)13-31-11-7-16(8-12-31)17-5-6-19(29-15(17)2)26-10-4-9-24;;/h4-6,9-10,14,16H,3,7-8,11-13,24H2,1-2H3,(H2,25,27,28,30,32);2*1H/b9-4-,26-10?;;. The van der Waals surface area contributed by atoms with Gasteiger partial charge in [-0.1, -0.05) is 6.07 Å². The maximum atomic E-state index is 14.7. The highest BCUT2D eigenvalue weighted by atomic mass is 19.1. The average Bonchev–Trinajstić information content (AvgIpc) is 2.78. The highest BCUT2D eigenvalue weighted by Crippen LogP contribution is 2.31. The Morgan fingerprint density at radius 3 is 2.84 bits per heavy atom. The van der Waals surface area contributed by atoms with Crippen molar-refractivity contribution < 1.29 is 12.0 Å². The summed E-state index contributed by atoms with van der Waals surface area (Å²) in [5.41, 5.74) is 7.77. The molecule has 10 heteroatoms. The lowest BCUT2D eigenvalue weighted by Gasteiger charge is -2.32. The van der Waals surface area contributed by atoms with E-state index in [1.165, 1.54) is 18.1 Å². The van der Waals surface area contributed by atoms with Crippen molar-refractivity contribution in [2.24, 2.45) is 10.7 Å². The van der Waals surface area contributed by atoms with Gasteiger partial charge in [0.1, 0.15) is 6.33 Å². The first-order valence-corrected chi connectivity index (χ1v) is 10.7. The second-order valence-corrected chi connectivity index (χ2v) is 7.52. The maximum Gasteiger partial charge on any atom is 0.320 e. The number of carbonyl (C=O) groups excluding carboxylic acids is 1. The lowest BCUT2D eigenvalue weighted by atomic mass is 9.88. The molecule has 0 aromatic carbocycles. The number of piperidine rings is 1. The van der Waals surface area contributed by atoms with E-state index in [1.54, 1.807) is 19.2 Å². The molecule has 9 nitrogen and oxygen atoms in total. The number of aromatic nitrogens is 3. The number of carbonyl (C=O) groups is 1. The van der Waals surface area contributed by atoms with Gasteiger partial charge in [-0.3, -0.25) is 10.2 Å². The van der Waals surface area contributed by atoms with Gasteiger partial charge in [-0.15, -0.1) is 0 Å². The van der Waals surface area contributed by atoms with Gasteiger partial charge in [0.25, 0.3) is 0 Å². The number of nitrogens with one attached hydrogen (secondary N) is 2. The van der Waals surface area contributed by atoms with Crippen molar-refractivity contribution in [3.05, 3.63) is 53.5 Å². The number of hydrogen-bond acceptors (Lipinski definition) is 7. The highest BCUT2D eigenvalue weighted by molar-refractivity contribution is 5.88. The molecule has 2 amide bonds. The number of nitrogens with two attached hydrogens (primary N) is 1. The van der Waals surface area contributed by atoms with Crippen molar-refractivity contribution in [3.8, 4) is 0 Å². The number of urea groups is 1. The lowest BCUT2D eigenvalue weighted by molar-refractivity contribution is 0.199. The average molecular weight is 445 g/mol. The van der Waals surface area contributed by atoms with E-state index in [2.05, 4.69) is 41.5 Å². The Morgan fingerprint density at radius 2 is 2.16 bits per heavy atom. The van der Waals surface area contributed by atoms with Crippen LogP contribution in [-0.4, -0.2) is 51.7 Å². The fourth-order valence-corrected chi connectivity index (χ4v) is 3.76. The third kappa shape index (κ3) is 6.07. The number of anilines is 1. The van der Waals surface area contributed by atoms with E-state index in [9.17, 15) is 9.18 Å². The first kappa shape index (κ1) is 23.3. The second-order valence-electron chi connectivity index (χ2n) is 7.52. The summed E-state index contributed by atoms with van der Waals surface area (Å²) < 4.78 is 14.7. The summed E-state index contributed by atoms with van der Waals surface area (Å²) in [6, 6.07) is 3.51. The number of pyridine rings is 1. The zero-order valence-electron chi connectivity index (χ0n) is 18.4. The van der Waals surface area contributed by atoms with Crippen LogP contribution in [0.1, 0.15) is 45.5 Å². The number of likely N-dealkylation sites (tertiary alicyclic amines) is 1. The minimum absolute atomic E-state index is 0. The van der Waals surface area contributed by atoms with Crippen LogP contribution >= 0.6 is 0 Å². The van der Waals surface area contributed by atoms with E-state index < -0.39 is 11.8 Å². The number of nitrogens with zero attached hydrogens (tertiary/aromatic N) is 5. The molecule has 1 aliphatic rings. The van der Waals surface area contributed by atoms with E-state index >= 15 is 0 Å². The van der Waals surface area contributed by atoms with Gasteiger partial charge in [-0.05, 0) is 69.6 Å². The molecule has 0 radical (unpaired) electrons. The highest BCUT2D eigenvalue weighted by Gasteiger charge is 2.24. The summed E-state index contributed by atoms with van der Waals surface area (Å²) in [4.78, 5) is 30.6. The van der Waals surface area contributed by atoms with E-state index in [0.29, 0.717) is 24.8 Å². The van der Waals surface area contributed by atoms with Crippen molar-refractivity contribution in [2.75, 3.05) is 25.0 Å². The maximum absolute atomic E-state index is 14.7. The molecule has 3 rings (SSSR count). The van der Waals surface area contributed by atoms with E-state index in [0.717, 1.165) is 31.6 Å². The van der Waals surface area contributed by atoms with Crippen LogP contribution in [0.5, 0.6) is 0 Å². The molecule has 0 saturated carbocycles. The van der Waals surface area contributed by atoms with Crippen molar-refractivity contribution in [2.45, 2.75) is 39.2 Å². The topological polar surface area (TPSA) is 121 Å². The third-order valence-corrected chi connectivity index (χ3v) is 5.35. The summed E-state index contributed by atoms with van der Waals surface area (Å²) in [7, 11) is 0. The molecule has 3 heterocycles. The van der Waals surface area contributed by atoms with Crippen LogP contribution in [0.3, 0.4) is 0 Å². The molecule has 1 fully saturated rings. The SMILES string of the molecule is CCNC(=O)Nc1ncnc(CN2CCC(c3ccc(N=C/C=C\N)nc3C)CC2)c1F.[HH].[HH]. The quantitative estimate of drug-likeness (QED) is 0.562. The monoisotopic (exact) mass is 444 g/mol. The summed E-state index contributed by atoms with van der Waals surface area (Å²) in [6.07, 6.45) is 7.85. The van der Waals surface area contributed by atoms with Gasteiger partial charge in [-0.25, -0.2) is 29.1 Å². The molecule has 2 aromatic rings. The predicted molar refractivity (Wildman–Crippen MR) is 127 cm³/mol. The number of amides is 2. The number of rotatable bonds is 7. The summed E-state index contributed by atoms with van der Waals surface area (Å²) in [5, 5.41) is 4.98. The molecule has 0 unspecified atom stereocenters. The normalized spacial score (nSPS) is 15.5. The van der Waals surface area contributed by atoms with E-state index in [-0.39, 0.29) is 14.4 Å². The molecular formula is C22H33FN8O. The van der Waals surface area contributed by atoms with Crippen molar-refractivity contribution in [1.29, 1.82) is 0 Å². The van der Waals surface area contributed by atoms with E-state index in [1.807, 2.05) is 13.0 Å². The lowest BCUT2D eigenvalue weighted by Crippen LogP contribution is -2.33. The van der Waals surface area contributed by atoms with Crippen LogP contribution in [0.15, 0.2) is 35.7 Å². The van der Waals surface area contributed by atoms with Crippen LogP contribution in [0.2, 0.25) is 0 Å². The molecule has 1 aliphatic heterocycles. The number of aryl methyl sites for hydroxylation is 1.